The molecule has 5 heteroatoms. The van der Waals surface area contributed by atoms with Crippen LogP contribution in [-0.4, -0.2) is 11.4 Å². The van der Waals surface area contributed by atoms with E-state index in [4.69, 9.17) is 8.83 Å². The zero-order chi connectivity index (χ0) is 43.3. The zero-order valence-corrected chi connectivity index (χ0v) is 38.2. The maximum Gasteiger partial charge on any atom is 0.333 e. The molecule has 0 N–H and O–H groups in total. The Kier molecular flexibility index (Phi) is 7.04. The predicted octanol–water partition coefficient (Wildman–Crippen LogP) is 14.8. The maximum atomic E-state index is 7.03. The molecular weight excluding hydrogens is 767 g/mol. The Labute approximate surface area is 369 Å². The van der Waals surface area contributed by atoms with Crippen LogP contribution in [0.15, 0.2) is 124 Å². The van der Waals surface area contributed by atoms with Crippen LogP contribution in [0.2, 0.25) is 0 Å². The van der Waals surface area contributed by atoms with Crippen molar-refractivity contribution in [3.05, 3.63) is 138 Å². The Morgan fingerprint density at radius 2 is 1.14 bits per heavy atom. The van der Waals surface area contributed by atoms with E-state index >= 15 is 0 Å². The lowest BCUT2D eigenvalue weighted by atomic mass is 9.43. The van der Waals surface area contributed by atoms with Gasteiger partial charge in [0.15, 0.2) is 0 Å². The molecule has 0 amide bonds. The van der Waals surface area contributed by atoms with Crippen LogP contribution in [-0.2, 0) is 21.7 Å². The number of anilines is 2. The third kappa shape index (κ3) is 5.00. The average molecular weight is 821 g/mol. The zero-order valence-electron chi connectivity index (χ0n) is 38.2. The highest BCUT2D eigenvalue weighted by Gasteiger charge is 2.45. The highest BCUT2D eigenvalue weighted by atomic mass is 16.3. The number of benzene rings is 7. The first-order valence-electron chi connectivity index (χ1n) is 23.0. The molecule has 0 bridgehead atoms. The van der Waals surface area contributed by atoms with E-state index in [0.717, 1.165) is 33.1 Å². The Morgan fingerprint density at radius 3 is 1.89 bits per heavy atom. The highest BCUT2D eigenvalue weighted by Crippen LogP contribution is 2.51. The summed E-state index contributed by atoms with van der Waals surface area (Å²) in [5.74, 6) is 0. The minimum Gasteiger partial charge on any atom is -0.456 e. The van der Waals surface area contributed by atoms with Gasteiger partial charge in [-0.05, 0) is 122 Å². The largest absolute Gasteiger partial charge is 0.456 e. The van der Waals surface area contributed by atoms with Crippen LogP contribution >= 0.6 is 0 Å². The van der Waals surface area contributed by atoms with Crippen molar-refractivity contribution in [1.29, 1.82) is 0 Å². The van der Waals surface area contributed by atoms with Crippen molar-refractivity contribution in [2.24, 2.45) is 0 Å². The first kappa shape index (κ1) is 37.4. The van der Waals surface area contributed by atoms with Crippen molar-refractivity contribution >= 4 is 94.8 Å². The number of rotatable bonds is 1. The molecule has 63 heavy (non-hydrogen) atoms. The Morgan fingerprint density at radius 1 is 0.508 bits per heavy atom. The summed E-state index contributed by atoms with van der Waals surface area (Å²) >= 11 is 0. The molecule has 0 fully saturated rings. The number of para-hydroxylation sites is 1. The quantitative estimate of drug-likeness (QED) is 0.155. The fourth-order valence-corrected chi connectivity index (χ4v) is 11.8. The molecule has 3 aliphatic rings. The smallest absolute Gasteiger partial charge is 0.333 e. The van der Waals surface area contributed by atoms with Gasteiger partial charge in [0.1, 0.15) is 22.3 Å². The fourth-order valence-electron chi connectivity index (χ4n) is 11.8. The molecule has 310 valence electrons. The number of aromatic nitrogens is 1. The predicted molar refractivity (Wildman–Crippen MR) is 267 cm³/mol. The van der Waals surface area contributed by atoms with Gasteiger partial charge in [-0.2, -0.15) is 0 Å². The van der Waals surface area contributed by atoms with Gasteiger partial charge >= 0.3 is 6.85 Å². The molecule has 13 rings (SSSR count). The van der Waals surface area contributed by atoms with Crippen LogP contribution in [0.25, 0.3) is 82.5 Å². The van der Waals surface area contributed by atoms with Crippen molar-refractivity contribution < 1.29 is 8.83 Å². The minimum absolute atomic E-state index is 0.0321. The number of nitrogens with zero attached hydrogens (tertiary/aromatic N) is 2. The van der Waals surface area contributed by atoms with Crippen LogP contribution in [0.5, 0.6) is 0 Å². The lowest BCUT2D eigenvalue weighted by molar-refractivity contribution is 0.332. The van der Waals surface area contributed by atoms with E-state index in [2.05, 4.69) is 194 Å². The van der Waals surface area contributed by atoms with Gasteiger partial charge in [-0.25, -0.2) is 0 Å². The Balaban J connectivity index is 1.17. The van der Waals surface area contributed by atoms with Gasteiger partial charge in [0.25, 0.3) is 0 Å². The average Bonchev–Trinajstić information content (AvgIpc) is 3.90. The van der Waals surface area contributed by atoms with Crippen LogP contribution in [0.4, 0.5) is 11.4 Å². The number of furan rings is 2. The first-order chi connectivity index (χ1) is 30.0. The molecule has 4 nitrogen and oxygen atoms in total. The topological polar surface area (TPSA) is 34.5 Å². The molecule has 0 spiro atoms. The molecular formula is C58H53BN2O2. The lowest BCUT2D eigenvalue weighted by Gasteiger charge is -2.42. The summed E-state index contributed by atoms with van der Waals surface area (Å²) in [6, 6.07) is 44.2. The third-order valence-corrected chi connectivity index (χ3v) is 15.5. The van der Waals surface area contributed by atoms with E-state index in [1.54, 1.807) is 0 Å². The SMILES string of the molecule is CC(C)(C)c1ccc(N2B3c4cc(C(C)(C)C)ccc4-n4c5cc6oc7ccccc7c6cc5c5ccc(c3c54)-c3cc4c(cc32)oc2cc3c(cc24)C(C)(C)CCC3(C)C)cc1. The number of fused-ring (bicyclic) bond motifs is 15. The summed E-state index contributed by atoms with van der Waals surface area (Å²) in [5.41, 5.74) is 20.6. The van der Waals surface area contributed by atoms with Crippen LogP contribution in [0.1, 0.15) is 104 Å². The summed E-state index contributed by atoms with van der Waals surface area (Å²) in [6.07, 6.45) is 2.34. The van der Waals surface area contributed by atoms with Gasteiger partial charge in [0, 0.05) is 67.1 Å². The molecule has 0 atom stereocenters. The van der Waals surface area contributed by atoms with E-state index in [1.165, 1.54) is 107 Å². The molecule has 1 aliphatic carbocycles. The molecule has 3 aromatic heterocycles. The van der Waals surface area contributed by atoms with Crippen molar-refractivity contribution in [1.82, 2.24) is 4.57 Å². The van der Waals surface area contributed by atoms with Gasteiger partial charge in [0.2, 0.25) is 0 Å². The first-order valence-corrected chi connectivity index (χ1v) is 23.0. The van der Waals surface area contributed by atoms with Crippen molar-refractivity contribution in [2.45, 2.75) is 104 Å². The van der Waals surface area contributed by atoms with E-state index < -0.39 is 0 Å². The van der Waals surface area contributed by atoms with E-state index in [9.17, 15) is 0 Å². The van der Waals surface area contributed by atoms with Gasteiger partial charge in [0.05, 0.1) is 11.0 Å². The van der Waals surface area contributed by atoms with E-state index in [-0.39, 0.29) is 28.5 Å². The van der Waals surface area contributed by atoms with E-state index in [1.807, 2.05) is 0 Å². The third-order valence-electron chi connectivity index (χ3n) is 15.5. The van der Waals surface area contributed by atoms with Crippen molar-refractivity contribution in [3.63, 3.8) is 0 Å². The maximum absolute atomic E-state index is 7.03. The standard InChI is InChI=1S/C58H53BN2O2/c1-55(2,3)32-15-18-34(19-16-32)61-48-31-52-41(42-28-43-44(29-50(42)63-52)58(9,10)24-23-57(43,7)8)26-38(48)36-20-21-37-39-27-40-35-13-11-12-14-49(35)62-51(40)30-47(39)60-46-22-17-33(56(4,5)6)25-45(46)59(61)53(36)54(37)60/h11-22,25-31H,23-24H2,1-10H3. The van der Waals surface area contributed by atoms with Crippen molar-refractivity contribution in [2.75, 3.05) is 4.81 Å². The monoisotopic (exact) mass is 820 g/mol. The van der Waals surface area contributed by atoms with Crippen LogP contribution in [0.3, 0.4) is 0 Å². The summed E-state index contributed by atoms with van der Waals surface area (Å²) in [6.45, 7) is 23.4. The van der Waals surface area contributed by atoms with E-state index in [0.29, 0.717) is 0 Å². The molecule has 10 aromatic rings. The molecule has 0 unspecified atom stereocenters. The number of hydrogen-bond donors (Lipinski definition) is 0. The van der Waals surface area contributed by atoms with Gasteiger partial charge in [-0.15, -0.1) is 0 Å². The second-order valence-electron chi connectivity index (χ2n) is 22.4. The number of hydrogen-bond acceptors (Lipinski definition) is 3. The summed E-state index contributed by atoms with van der Waals surface area (Å²) in [4.78, 5) is 2.64. The molecule has 2 aliphatic heterocycles. The minimum atomic E-state index is -0.0923. The van der Waals surface area contributed by atoms with Gasteiger partial charge in [-0.3, -0.25) is 0 Å². The Hall–Kier alpha value is -6.20. The molecule has 0 saturated carbocycles. The molecule has 0 radical (unpaired) electrons. The normalized spacial score (nSPS) is 16.5. The molecule has 0 saturated heterocycles. The van der Waals surface area contributed by atoms with Crippen molar-refractivity contribution in [3.8, 4) is 16.8 Å². The Bertz CT molecular complexity index is 3650. The summed E-state index contributed by atoms with van der Waals surface area (Å²) < 4.78 is 16.2. The fraction of sp³-hybridized carbons (Fsp3) is 0.276. The van der Waals surface area contributed by atoms with Gasteiger partial charge in [-0.1, -0.05) is 124 Å². The van der Waals surface area contributed by atoms with Gasteiger partial charge < -0.3 is 18.2 Å². The lowest BCUT2D eigenvalue weighted by Crippen LogP contribution is -2.60. The second-order valence-corrected chi connectivity index (χ2v) is 22.4. The highest BCUT2D eigenvalue weighted by molar-refractivity contribution is 6.93. The molecule has 7 aromatic carbocycles. The van der Waals surface area contributed by atoms with Crippen LogP contribution < -0.4 is 15.7 Å². The molecule has 5 heterocycles. The van der Waals surface area contributed by atoms with Crippen LogP contribution in [0, 0.1) is 0 Å². The summed E-state index contributed by atoms with van der Waals surface area (Å²) in [7, 11) is 0. The second kappa shape index (κ2) is 11.9. The summed E-state index contributed by atoms with van der Waals surface area (Å²) in [5, 5.41) is 7.21.